The minimum atomic E-state index is -4.57. The topological polar surface area (TPSA) is 129 Å². The van der Waals surface area contributed by atoms with Gasteiger partial charge >= 0.3 is 5.97 Å². The summed E-state index contributed by atoms with van der Waals surface area (Å²) in [6, 6.07) is 10.5. The summed E-state index contributed by atoms with van der Waals surface area (Å²) < 4.78 is 32.8. The summed E-state index contributed by atoms with van der Waals surface area (Å²) in [7, 11) is -4.57. The predicted molar refractivity (Wildman–Crippen MR) is 109 cm³/mol. The Balaban J connectivity index is 2.10. The van der Waals surface area contributed by atoms with Crippen molar-refractivity contribution in [3.63, 3.8) is 0 Å². The molecule has 0 saturated heterocycles. The first-order valence-corrected chi connectivity index (χ1v) is 10.1. The van der Waals surface area contributed by atoms with E-state index in [2.05, 4.69) is 5.10 Å². The minimum Gasteiger partial charge on any atom is -0.477 e. The van der Waals surface area contributed by atoms with Crippen LogP contribution >= 0.6 is 23.2 Å². The number of benzene rings is 2. The third-order valence-corrected chi connectivity index (χ3v) is 5.56. The highest BCUT2D eigenvalue weighted by Gasteiger charge is 2.19. The van der Waals surface area contributed by atoms with Crippen molar-refractivity contribution in [3.8, 4) is 5.69 Å². The van der Waals surface area contributed by atoms with E-state index in [1.165, 1.54) is 18.2 Å². The summed E-state index contributed by atoms with van der Waals surface area (Å²) in [4.78, 5) is 23.7. The molecule has 11 heteroatoms. The van der Waals surface area contributed by atoms with Gasteiger partial charge in [-0.1, -0.05) is 47.5 Å². The number of aromatic carboxylic acids is 1. The Morgan fingerprint density at radius 3 is 2.31 bits per heavy atom. The second kappa shape index (κ2) is 7.88. The number of carbonyl (C=O) groups is 1. The number of hydrogen-bond acceptors (Lipinski definition) is 4. The molecule has 0 aliphatic rings. The summed E-state index contributed by atoms with van der Waals surface area (Å²) in [5, 5.41) is 11.6. The third kappa shape index (κ3) is 4.28. The monoisotopic (exact) mass is 454 g/mol. The maximum atomic E-state index is 12.7. The maximum absolute atomic E-state index is 12.7. The Labute approximate surface area is 174 Å². The molecule has 1 heterocycles. The van der Waals surface area contributed by atoms with E-state index in [1.807, 2.05) is 0 Å². The molecule has 0 radical (unpaired) electrons. The summed E-state index contributed by atoms with van der Waals surface area (Å²) in [5.41, 5.74) is -0.439. The van der Waals surface area contributed by atoms with Gasteiger partial charge in [0.05, 0.1) is 16.3 Å². The van der Waals surface area contributed by atoms with Crippen LogP contribution < -0.4 is 5.56 Å². The highest BCUT2D eigenvalue weighted by Crippen LogP contribution is 2.29. The van der Waals surface area contributed by atoms with Crippen LogP contribution in [0.3, 0.4) is 0 Å². The SMILES string of the molecule is O=C(O)c1[nH]n(-c2ccccc2)c(=O)c1/C=C/c1cc(Cl)c(S(=O)(=O)O)cc1Cl. The molecule has 0 bridgehead atoms. The fourth-order valence-electron chi connectivity index (χ4n) is 2.57. The Morgan fingerprint density at radius 2 is 1.72 bits per heavy atom. The standard InChI is InChI=1S/C18H12Cl2N2O6S/c19-13-9-15(29(26,27)28)14(20)8-10(13)6-7-12-16(18(24)25)21-22(17(12)23)11-4-2-1-3-5-11/h1-9,21H,(H,24,25)(H,26,27,28)/b7-6+. The summed E-state index contributed by atoms with van der Waals surface area (Å²) >= 11 is 11.9. The van der Waals surface area contributed by atoms with E-state index >= 15 is 0 Å². The molecule has 0 aliphatic heterocycles. The molecule has 0 atom stereocenters. The molecule has 1 aromatic heterocycles. The van der Waals surface area contributed by atoms with Gasteiger partial charge in [0.25, 0.3) is 15.7 Å². The average Bonchev–Trinajstić information content (AvgIpc) is 2.98. The maximum Gasteiger partial charge on any atom is 0.354 e. The van der Waals surface area contributed by atoms with Gasteiger partial charge in [-0.15, -0.1) is 0 Å². The third-order valence-electron chi connectivity index (χ3n) is 3.91. The second-order valence-corrected chi connectivity index (χ2v) is 8.00. The molecule has 0 fully saturated rings. The van der Waals surface area contributed by atoms with Gasteiger partial charge in [-0.3, -0.25) is 14.4 Å². The molecule has 0 amide bonds. The lowest BCUT2D eigenvalue weighted by Gasteiger charge is -2.04. The van der Waals surface area contributed by atoms with Crippen LogP contribution in [-0.2, 0) is 10.1 Å². The fraction of sp³-hybridized carbons (Fsp3) is 0. The lowest BCUT2D eigenvalue weighted by Crippen LogP contribution is -2.15. The number of carboxylic acid groups (broad SMARTS) is 1. The largest absolute Gasteiger partial charge is 0.477 e. The molecule has 3 aromatic rings. The van der Waals surface area contributed by atoms with E-state index < -0.39 is 26.5 Å². The van der Waals surface area contributed by atoms with Gasteiger partial charge in [-0.05, 0) is 35.9 Å². The number of para-hydroxylation sites is 1. The molecule has 0 aliphatic carbocycles. The molecule has 0 spiro atoms. The Bertz CT molecular complexity index is 1290. The lowest BCUT2D eigenvalue weighted by molar-refractivity contribution is 0.0689. The summed E-state index contributed by atoms with van der Waals surface area (Å²) in [6.45, 7) is 0. The van der Waals surface area contributed by atoms with Gasteiger partial charge in [-0.25, -0.2) is 9.48 Å². The van der Waals surface area contributed by atoms with Crippen LogP contribution in [0.25, 0.3) is 17.8 Å². The van der Waals surface area contributed by atoms with E-state index in [0.717, 1.165) is 10.7 Å². The first-order valence-electron chi connectivity index (χ1n) is 7.88. The van der Waals surface area contributed by atoms with Gasteiger partial charge in [0.2, 0.25) is 0 Å². The molecule has 2 aromatic carbocycles. The van der Waals surface area contributed by atoms with Crippen molar-refractivity contribution >= 4 is 51.4 Å². The molecule has 0 unspecified atom stereocenters. The molecule has 8 nitrogen and oxygen atoms in total. The highest BCUT2D eigenvalue weighted by molar-refractivity contribution is 7.86. The van der Waals surface area contributed by atoms with Crippen LogP contribution in [-0.4, -0.2) is 33.8 Å². The normalized spacial score (nSPS) is 11.8. The lowest BCUT2D eigenvalue weighted by atomic mass is 10.1. The van der Waals surface area contributed by atoms with E-state index in [-0.39, 0.29) is 26.9 Å². The van der Waals surface area contributed by atoms with Crippen LogP contribution in [0.15, 0.2) is 52.2 Å². The van der Waals surface area contributed by atoms with Crippen molar-refractivity contribution in [2.24, 2.45) is 0 Å². The van der Waals surface area contributed by atoms with Crippen LogP contribution in [0.2, 0.25) is 10.0 Å². The summed E-state index contributed by atoms with van der Waals surface area (Å²) in [6.07, 6.45) is 2.54. The molecular formula is C18H12Cl2N2O6S. The van der Waals surface area contributed by atoms with Gasteiger partial charge in [0, 0.05) is 5.02 Å². The molecule has 0 saturated carbocycles. The number of nitrogens with one attached hydrogen (secondary N) is 1. The predicted octanol–water partition coefficient (Wildman–Crippen LogP) is 3.59. The molecule has 3 N–H and O–H groups in total. The number of halogens is 2. The Morgan fingerprint density at radius 1 is 1.07 bits per heavy atom. The van der Waals surface area contributed by atoms with Gasteiger partial charge in [-0.2, -0.15) is 8.42 Å². The molecule has 29 heavy (non-hydrogen) atoms. The second-order valence-electron chi connectivity index (χ2n) is 5.79. The van der Waals surface area contributed by atoms with Gasteiger partial charge in [0.15, 0.2) is 5.69 Å². The first-order chi connectivity index (χ1) is 13.6. The molecule has 150 valence electrons. The average molecular weight is 455 g/mol. The van der Waals surface area contributed by atoms with Crippen molar-refractivity contribution in [1.82, 2.24) is 9.78 Å². The zero-order valence-corrected chi connectivity index (χ0v) is 16.7. The van der Waals surface area contributed by atoms with Gasteiger partial charge < -0.3 is 5.11 Å². The fourth-order valence-corrected chi connectivity index (χ4v) is 3.90. The number of H-pyrrole nitrogens is 1. The van der Waals surface area contributed by atoms with Crippen LogP contribution in [0.4, 0.5) is 0 Å². The molecule has 3 rings (SSSR count). The number of hydrogen-bond donors (Lipinski definition) is 3. The van der Waals surface area contributed by atoms with E-state index in [1.54, 1.807) is 30.3 Å². The van der Waals surface area contributed by atoms with Crippen LogP contribution in [0.5, 0.6) is 0 Å². The number of rotatable bonds is 5. The van der Waals surface area contributed by atoms with E-state index in [4.69, 9.17) is 27.8 Å². The van der Waals surface area contributed by atoms with E-state index in [0.29, 0.717) is 5.69 Å². The van der Waals surface area contributed by atoms with Crippen LogP contribution in [0.1, 0.15) is 21.6 Å². The van der Waals surface area contributed by atoms with E-state index in [9.17, 15) is 23.1 Å². The number of carboxylic acids is 1. The van der Waals surface area contributed by atoms with Crippen LogP contribution in [0, 0.1) is 0 Å². The van der Waals surface area contributed by atoms with Crippen molar-refractivity contribution in [2.75, 3.05) is 0 Å². The quantitative estimate of drug-likeness (QED) is 0.505. The van der Waals surface area contributed by atoms with Crippen molar-refractivity contribution < 1.29 is 22.9 Å². The highest BCUT2D eigenvalue weighted by atomic mass is 35.5. The summed E-state index contributed by atoms with van der Waals surface area (Å²) in [5.74, 6) is -1.35. The van der Waals surface area contributed by atoms with Crippen molar-refractivity contribution in [2.45, 2.75) is 4.90 Å². The number of aromatic amines is 1. The zero-order valence-electron chi connectivity index (χ0n) is 14.3. The van der Waals surface area contributed by atoms with Gasteiger partial charge in [0.1, 0.15) is 4.90 Å². The Kier molecular flexibility index (Phi) is 5.67. The van der Waals surface area contributed by atoms with Crippen molar-refractivity contribution in [1.29, 1.82) is 0 Å². The zero-order chi connectivity index (χ0) is 21.3. The first kappa shape index (κ1) is 20.9. The number of aromatic nitrogens is 2. The van der Waals surface area contributed by atoms with Crippen molar-refractivity contribution in [3.05, 3.63) is 79.7 Å². The number of nitrogens with zero attached hydrogens (tertiary/aromatic N) is 1. The minimum absolute atomic E-state index is 0.0749. The smallest absolute Gasteiger partial charge is 0.354 e. The molecular weight excluding hydrogens is 443 g/mol. The Hall–Kier alpha value is -2.85.